The van der Waals surface area contributed by atoms with Crippen LogP contribution in [0.5, 0.6) is 0 Å². The molecule has 0 N–H and O–H groups in total. The van der Waals surface area contributed by atoms with E-state index in [2.05, 4.69) is 79.7 Å². The molecule has 2 aromatic carbocycles. The topological polar surface area (TPSA) is 18.5 Å². The number of rotatable bonds is 8. The molecule has 1 saturated carbocycles. The van der Waals surface area contributed by atoms with Crippen molar-refractivity contribution < 1.29 is 9.47 Å². The summed E-state index contributed by atoms with van der Waals surface area (Å²) >= 11 is 0. The van der Waals surface area contributed by atoms with Crippen molar-refractivity contribution in [1.29, 1.82) is 0 Å². The molecule has 0 aliphatic heterocycles. The van der Waals surface area contributed by atoms with Gasteiger partial charge in [0.25, 0.3) is 0 Å². The van der Waals surface area contributed by atoms with Crippen LogP contribution in [0.15, 0.2) is 72.8 Å². The van der Waals surface area contributed by atoms with Crippen molar-refractivity contribution in [3.05, 3.63) is 83.9 Å². The third-order valence-corrected chi connectivity index (χ3v) is 6.93. The molecular weight excluding hydrogens is 356 g/mol. The van der Waals surface area contributed by atoms with Crippen LogP contribution in [0.1, 0.15) is 50.2 Å². The highest BCUT2D eigenvalue weighted by Crippen LogP contribution is 2.58. The Morgan fingerprint density at radius 1 is 0.862 bits per heavy atom. The van der Waals surface area contributed by atoms with Crippen LogP contribution in [0.4, 0.5) is 0 Å². The van der Waals surface area contributed by atoms with E-state index in [1.165, 1.54) is 43.2 Å². The number of benzene rings is 2. The van der Waals surface area contributed by atoms with Gasteiger partial charge in [0.05, 0.1) is 26.4 Å². The Balaban J connectivity index is 1.43. The molecule has 2 heteroatoms. The van der Waals surface area contributed by atoms with E-state index in [1.54, 1.807) is 0 Å². The average molecular weight is 391 g/mol. The first-order chi connectivity index (χ1) is 14.2. The van der Waals surface area contributed by atoms with Crippen LogP contribution in [0.2, 0.25) is 0 Å². The van der Waals surface area contributed by atoms with Gasteiger partial charge < -0.3 is 9.47 Å². The average Bonchev–Trinajstić information content (AvgIpc) is 3.01. The molecule has 1 fully saturated rings. The summed E-state index contributed by atoms with van der Waals surface area (Å²) in [7, 11) is 0. The van der Waals surface area contributed by atoms with Crippen LogP contribution in [-0.2, 0) is 22.7 Å². The van der Waals surface area contributed by atoms with Gasteiger partial charge in [0.1, 0.15) is 0 Å². The summed E-state index contributed by atoms with van der Waals surface area (Å²) in [6.45, 7) is 5.34. The number of ether oxygens (including phenoxy) is 2. The number of hydrogen-bond acceptors (Lipinski definition) is 2. The van der Waals surface area contributed by atoms with E-state index in [0.717, 1.165) is 13.2 Å². The minimum Gasteiger partial charge on any atom is -0.376 e. The third kappa shape index (κ3) is 4.99. The van der Waals surface area contributed by atoms with Crippen LogP contribution in [0.25, 0.3) is 0 Å². The molecule has 0 bridgehead atoms. The summed E-state index contributed by atoms with van der Waals surface area (Å²) in [5, 5.41) is 0. The van der Waals surface area contributed by atoms with E-state index in [-0.39, 0.29) is 5.41 Å². The van der Waals surface area contributed by atoms with Crippen molar-refractivity contribution in [2.45, 2.75) is 52.2 Å². The van der Waals surface area contributed by atoms with Crippen LogP contribution in [0.3, 0.4) is 0 Å². The van der Waals surface area contributed by atoms with Gasteiger partial charge in [0.15, 0.2) is 0 Å². The molecule has 0 amide bonds. The van der Waals surface area contributed by atoms with Gasteiger partial charge in [-0.3, -0.25) is 0 Å². The van der Waals surface area contributed by atoms with Crippen LogP contribution < -0.4 is 0 Å². The molecular formula is C27H34O2. The van der Waals surface area contributed by atoms with Crippen LogP contribution >= 0.6 is 0 Å². The quantitative estimate of drug-likeness (QED) is 0.475. The molecule has 0 aromatic heterocycles. The predicted molar refractivity (Wildman–Crippen MR) is 118 cm³/mol. The maximum Gasteiger partial charge on any atom is 0.0717 e. The summed E-state index contributed by atoms with van der Waals surface area (Å²) in [5.74, 6) is 0.680. The Hall–Kier alpha value is -1.90. The monoisotopic (exact) mass is 390 g/mol. The normalized spacial score (nSPS) is 25.5. The molecule has 2 aliphatic rings. The molecule has 2 aliphatic carbocycles. The second kappa shape index (κ2) is 9.28. The van der Waals surface area contributed by atoms with Crippen molar-refractivity contribution >= 4 is 0 Å². The lowest BCUT2D eigenvalue weighted by atomic mass is 9.71. The fraction of sp³-hybridized carbons (Fsp3) is 0.481. The van der Waals surface area contributed by atoms with E-state index in [1.807, 2.05) is 0 Å². The summed E-state index contributed by atoms with van der Waals surface area (Å²) in [4.78, 5) is 0. The Bertz CT molecular complexity index is 737. The lowest BCUT2D eigenvalue weighted by molar-refractivity contribution is -0.0347. The zero-order chi connectivity index (χ0) is 20.0. The van der Waals surface area contributed by atoms with E-state index in [4.69, 9.17) is 9.47 Å². The van der Waals surface area contributed by atoms with E-state index < -0.39 is 0 Å². The summed E-state index contributed by atoms with van der Waals surface area (Å²) < 4.78 is 12.6. The molecule has 0 radical (unpaired) electrons. The smallest absolute Gasteiger partial charge is 0.0717 e. The van der Waals surface area contributed by atoms with Crippen molar-refractivity contribution in [3.63, 3.8) is 0 Å². The van der Waals surface area contributed by atoms with Crippen LogP contribution in [0, 0.1) is 16.7 Å². The predicted octanol–water partition coefficient (Wildman–Crippen LogP) is 6.56. The minimum absolute atomic E-state index is 0.102. The van der Waals surface area contributed by atoms with Gasteiger partial charge in [-0.15, -0.1) is 0 Å². The van der Waals surface area contributed by atoms with Crippen molar-refractivity contribution in [2.75, 3.05) is 13.2 Å². The first kappa shape index (κ1) is 20.4. The van der Waals surface area contributed by atoms with Crippen molar-refractivity contribution in [2.24, 2.45) is 16.7 Å². The summed E-state index contributed by atoms with van der Waals surface area (Å²) in [6, 6.07) is 21.0. The first-order valence-corrected chi connectivity index (χ1v) is 11.1. The lowest BCUT2D eigenvalue weighted by Crippen LogP contribution is -2.32. The highest BCUT2D eigenvalue weighted by Gasteiger charge is 2.51. The second-order valence-electron chi connectivity index (χ2n) is 9.27. The molecule has 2 nitrogen and oxygen atoms in total. The zero-order valence-electron chi connectivity index (χ0n) is 17.7. The number of hydrogen-bond donors (Lipinski definition) is 0. The van der Waals surface area contributed by atoms with Gasteiger partial charge in [-0.25, -0.2) is 0 Å². The Morgan fingerprint density at radius 2 is 1.45 bits per heavy atom. The maximum absolute atomic E-state index is 6.29. The molecule has 0 unspecified atom stereocenters. The number of allylic oxidation sites excluding steroid dienone is 2. The SMILES string of the molecule is C[C@@H]1CC(COCc2ccccc2)(COCc2ccccc2)C[C@]12C=CCCC2. The third-order valence-electron chi connectivity index (χ3n) is 6.93. The van der Waals surface area contributed by atoms with E-state index in [0.29, 0.717) is 24.5 Å². The second-order valence-corrected chi connectivity index (χ2v) is 9.27. The highest BCUT2D eigenvalue weighted by atomic mass is 16.5. The highest BCUT2D eigenvalue weighted by molar-refractivity contribution is 5.16. The Morgan fingerprint density at radius 3 is 1.97 bits per heavy atom. The fourth-order valence-corrected chi connectivity index (χ4v) is 5.49. The van der Waals surface area contributed by atoms with Gasteiger partial charge in [-0.1, -0.05) is 79.7 Å². The molecule has 0 saturated heterocycles. The van der Waals surface area contributed by atoms with Crippen molar-refractivity contribution in [3.8, 4) is 0 Å². The van der Waals surface area contributed by atoms with Crippen molar-refractivity contribution in [1.82, 2.24) is 0 Å². The minimum atomic E-state index is 0.102. The molecule has 1 spiro atoms. The Labute approximate surface area is 175 Å². The maximum atomic E-state index is 6.29. The molecule has 2 atom stereocenters. The van der Waals surface area contributed by atoms with Gasteiger partial charge in [0, 0.05) is 5.41 Å². The van der Waals surface area contributed by atoms with Crippen LogP contribution in [-0.4, -0.2) is 13.2 Å². The zero-order valence-corrected chi connectivity index (χ0v) is 17.7. The molecule has 0 heterocycles. The Kier molecular flexibility index (Phi) is 6.52. The molecule has 29 heavy (non-hydrogen) atoms. The van der Waals surface area contributed by atoms with Gasteiger partial charge in [-0.05, 0) is 54.6 Å². The van der Waals surface area contributed by atoms with Gasteiger partial charge in [0.2, 0.25) is 0 Å². The molecule has 4 rings (SSSR count). The van der Waals surface area contributed by atoms with Gasteiger partial charge >= 0.3 is 0 Å². The van der Waals surface area contributed by atoms with Gasteiger partial charge in [-0.2, -0.15) is 0 Å². The standard InChI is InChI=1S/C27H34O2/c1-23-17-26(20-27(23)15-9-4-10-16-27,21-28-18-24-11-5-2-6-12-24)22-29-19-25-13-7-3-8-14-25/h2-3,5-9,11-15,23H,4,10,16-22H2,1H3/t23-,27-/m1/s1. The van der Waals surface area contributed by atoms with E-state index >= 15 is 0 Å². The lowest BCUT2D eigenvalue weighted by Gasteiger charge is -2.35. The molecule has 154 valence electrons. The largest absolute Gasteiger partial charge is 0.376 e. The summed E-state index contributed by atoms with van der Waals surface area (Å²) in [5.41, 5.74) is 2.92. The van der Waals surface area contributed by atoms with E-state index in [9.17, 15) is 0 Å². The summed E-state index contributed by atoms with van der Waals surface area (Å²) in [6.07, 6.45) is 11.2. The molecule has 2 aromatic rings. The fourth-order valence-electron chi connectivity index (χ4n) is 5.49. The first-order valence-electron chi connectivity index (χ1n) is 11.1.